The van der Waals surface area contributed by atoms with Crippen molar-refractivity contribution in [2.45, 2.75) is 31.7 Å². The average molecular weight is 347 g/mol. The Morgan fingerprint density at radius 1 is 1.17 bits per heavy atom. The minimum Gasteiger partial charge on any atom is -0.342 e. The highest BCUT2D eigenvalue weighted by Crippen LogP contribution is 2.24. The summed E-state index contributed by atoms with van der Waals surface area (Å²) >= 11 is 0. The van der Waals surface area contributed by atoms with Crippen LogP contribution in [0.2, 0.25) is 0 Å². The van der Waals surface area contributed by atoms with Crippen molar-refractivity contribution >= 4 is 21.6 Å². The highest BCUT2D eigenvalue weighted by molar-refractivity contribution is 7.92. The van der Waals surface area contributed by atoms with Crippen molar-refractivity contribution in [1.82, 2.24) is 9.47 Å². The molecule has 0 unspecified atom stereocenters. The van der Waals surface area contributed by atoms with Gasteiger partial charge >= 0.3 is 0 Å². The van der Waals surface area contributed by atoms with E-state index in [0.717, 1.165) is 17.5 Å². The fourth-order valence-electron chi connectivity index (χ4n) is 2.84. The number of hydrogen-bond acceptors (Lipinski definition) is 3. The summed E-state index contributed by atoms with van der Waals surface area (Å²) in [4.78, 5) is 14.1. The number of carbonyl (C=O) groups is 1. The molecule has 0 fully saturated rings. The largest absolute Gasteiger partial charge is 0.342 e. The van der Waals surface area contributed by atoms with Crippen LogP contribution in [0.25, 0.3) is 0 Å². The van der Waals surface area contributed by atoms with Crippen molar-refractivity contribution in [2.24, 2.45) is 0 Å². The van der Waals surface area contributed by atoms with E-state index in [0.29, 0.717) is 24.5 Å². The lowest BCUT2D eigenvalue weighted by atomic mass is 10.1. The molecule has 24 heavy (non-hydrogen) atoms. The third-order valence-corrected chi connectivity index (χ3v) is 5.82. The van der Waals surface area contributed by atoms with Gasteiger partial charge in [0, 0.05) is 26.3 Å². The summed E-state index contributed by atoms with van der Waals surface area (Å²) in [5.41, 5.74) is 2.87. The van der Waals surface area contributed by atoms with E-state index in [1.165, 1.54) is 6.07 Å². The molecule has 2 aromatic rings. The van der Waals surface area contributed by atoms with Crippen LogP contribution in [0, 0.1) is 13.8 Å². The van der Waals surface area contributed by atoms with Crippen LogP contribution in [0.5, 0.6) is 0 Å². The Morgan fingerprint density at radius 2 is 1.92 bits per heavy atom. The number of amides is 1. The van der Waals surface area contributed by atoms with Gasteiger partial charge in [-0.25, -0.2) is 8.42 Å². The predicted molar refractivity (Wildman–Crippen MR) is 92.7 cm³/mol. The van der Waals surface area contributed by atoms with Crippen LogP contribution in [0.15, 0.2) is 35.4 Å². The zero-order valence-electron chi connectivity index (χ0n) is 14.0. The Labute approximate surface area is 142 Å². The van der Waals surface area contributed by atoms with E-state index in [-0.39, 0.29) is 10.8 Å². The van der Waals surface area contributed by atoms with Gasteiger partial charge in [0.15, 0.2) is 0 Å². The van der Waals surface area contributed by atoms with E-state index >= 15 is 0 Å². The second-order valence-electron chi connectivity index (χ2n) is 6.19. The van der Waals surface area contributed by atoms with Gasteiger partial charge in [-0.1, -0.05) is 12.1 Å². The molecular formula is C17H21N3O3S. The second-order valence-corrected chi connectivity index (χ2v) is 7.87. The predicted octanol–water partition coefficient (Wildman–Crippen LogP) is 2.38. The first kappa shape index (κ1) is 16.6. The van der Waals surface area contributed by atoms with E-state index in [4.69, 9.17) is 0 Å². The molecule has 0 aliphatic carbocycles. The fraction of sp³-hybridized carbons (Fsp3) is 0.353. The van der Waals surface area contributed by atoms with Gasteiger partial charge in [0.2, 0.25) is 0 Å². The Kier molecular flexibility index (Phi) is 4.13. The SMILES string of the molecule is Cc1cccc(NS(=O)(=O)c2cc3n(c2)CCCN(C)C3=O)c1C. The Hall–Kier alpha value is -2.28. The number of nitrogens with one attached hydrogen (secondary N) is 1. The summed E-state index contributed by atoms with van der Waals surface area (Å²) in [6, 6.07) is 6.94. The Morgan fingerprint density at radius 3 is 2.67 bits per heavy atom. The first-order chi connectivity index (χ1) is 11.3. The number of carbonyl (C=O) groups excluding carboxylic acids is 1. The summed E-state index contributed by atoms with van der Waals surface area (Å²) in [6.07, 6.45) is 2.34. The van der Waals surface area contributed by atoms with Crippen molar-refractivity contribution in [3.05, 3.63) is 47.3 Å². The second kappa shape index (κ2) is 5.98. The van der Waals surface area contributed by atoms with Crippen LogP contribution < -0.4 is 4.72 Å². The molecule has 2 heterocycles. The number of aromatic nitrogens is 1. The maximum absolute atomic E-state index is 12.7. The van der Waals surface area contributed by atoms with Crippen LogP contribution in [0.1, 0.15) is 28.0 Å². The topological polar surface area (TPSA) is 71.4 Å². The van der Waals surface area contributed by atoms with Crippen molar-refractivity contribution in [3.63, 3.8) is 0 Å². The van der Waals surface area contributed by atoms with Crippen LogP contribution in [0.4, 0.5) is 5.69 Å². The maximum Gasteiger partial charge on any atom is 0.270 e. The zero-order chi connectivity index (χ0) is 17.5. The molecule has 6 nitrogen and oxygen atoms in total. The van der Waals surface area contributed by atoms with Crippen LogP contribution in [-0.2, 0) is 16.6 Å². The maximum atomic E-state index is 12.7. The minimum absolute atomic E-state index is 0.113. The molecule has 0 saturated carbocycles. The van der Waals surface area contributed by atoms with Gasteiger partial charge in [-0.15, -0.1) is 0 Å². The third kappa shape index (κ3) is 2.91. The minimum atomic E-state index is -3.74. The molecule has 128 valence electrons. The van der Waals surface area contributed by atoms with E-state index < -0.39 is 10.0 Å². The monoisotopic (exact) mass is 347 g/mol. The lowest BCUT2D eigenvalue weighted by Crippen LogP contribution is -2.26. The summed E-state index contributed by atoms with van der Waals surface area (Å²) in [5, 5.41) is 0. The smallest absolute Gasteiger partial charge is 0.270 e. The summed E-state index contributed by atoms with van der Waals surface area (Å²) in [7, 11) is -2.01. The molecule has 0 radical (unpaired) electrons. The van der Waals surface area contributed by atoms with Gasteiger partial charge < -0.3 is 9.47 Å². The molecule has 0 saturated heterocycles. The van der Waals surface area contributed by atoms with Crippen molar-refractivity contribution in [2.75, 3.05) is 18.3 Å². The van der Waals surface area contributed by atoms with Gasteiger partial charge in [0.25, 0.3) is 15.9 Å². The molecule has 1 aliphatic rings. The molecule has 7 heteroatoms. The lowest BCUT2D eigenvalue weighted by molar-refractivity contribution is 0.0796. The molecule has 1 aromatic heterocycles. The molecule has 1 N–H and O–H groups in total. The first-order valence-corrected chi connectivity index (χ1v) is 9.32. The molecule has 3 rings (SSSR count). The molecular weight excluding hydrogens is 326 g/mol. The molecule has 0 atom stereocenters. The van der Waals surface area contributed by atoms with Gasteiger partial charge in [-0.2, -0.15) is 0 Å². The van der Waals surface area contributed by atoms with Crippen molar-refractivity contribution < 1.29 is 13.2 Å². The quantitative estimate of drug-likeness (QED) is 0.927. The van der Waals surface area contributed by atoms with E-state index in [1.54, 1.807) is 28.8 Å². The average Bonchev–Trinajstić information content (AvgIpc) is 2.91. The van der Waals surface area contributed by atoms with Crippen LogP contribution in [-0.4, -0.2) is 37.4 Å². The normalized spacial score (nSPS) is 15.1. The number of benzene rings is 1. The standard InChI is InChI=1S/C17H21N3O3S/c1-12-6-4-7-15(13(12)2)18-24(22,23)14-10-16-17(21)19(3)8-5-9-20(16)11-14/h4,6-7,10-11,18H,5,8-9H2,1-3H3. The number of aryl methyl sites for hydroxylation is 2. The van der Waals surface area contributed by atoms with Crippen molar-refractivity contribution in [3.8, 4) is 0 Å². The summed E-state index contributed by atoms with van der Waals surface area (Å²) < 4.78 is 29.8. The summed E-state index contributed by atoms with van der Waals surface area (Å²) in [6.45, 7) is 5.11. The fourth-order valence-corrected chi connectivity index (χ4v) is 4.00. The van der Waals surface area contributed by atoms with Gasteiger partial charge in [0.05, 0.1) is 5.69 Å². The molecule has 1 amide bonds. The first-order valence-electron chi connectivity index (χ1n) is 7.84. The lowest BCUT2D eigenvalue weighted by Gasteiger charge is -2.12. The van der Waals surface area contributed by atoms with E-state index in [1.807, 2.05) is 26.0 Å². The zero-order valence-corrected chi connectivity index (χ0v) is 14.9. The third-order valence-electron chi connectivity index (χ3n) is 4.49. The number of anilines is 1. The van der Waals surface area contributed by atoms with Crippen molar-refractivity contribution in [1.29, 1.82) is 0 Å². The highest BCUT2D eigenvalue weighted by atomic mass is 32.2. The highest BCUT2D eigenvalue weighted by Gasteiger charge is 2.25. The number of nitrogens with zero attached hydrogens (tertiary/aromatic N) is 2. The number of rotatable bonds is 3. The molecule has 0 spiro atoms. The molecule has 0 bridgehead atoms. The van der Waals surface area contributed by atoms with E-state index in [2.05, 4.69) is 4.72 Å². The van der Waals surface area contributed by atoms with Gasteiger partial charge in [-0.3, -0.25) is 9.52 Å². The number of hydrogen-bond donors (Lipinski definition) is 1. The molecule has 1 aliphatic heterocycles. The van der Waals surface area contributed by atoms with Gasteiger partial charge in [0.1, 0.15) is 10.6 Å². The summed E-state index contributed by atoms with van der Waals surface area (Å²) in [5.74, 6) is -0.152. The van der Waals surface area contributed by atoms with Gasteiger partial charge in [-0.05, 0) is 43.5 Å². The number of sulfonamides is 1. The Balaban J connectivity index is 1.97. The Bertz CT molecular complexity index is 900. The van der Waals surface area contributed by atoms with E-state index in [9.17, 15) is 13.2 Å². The van der Waals surface area contributed by atoms with Crippen LogP contribution >= 0.6 is 0 Å². The molecule has 1 aromatic carbocycles. The van der Waals surface area contributed by atoms with Crippen LogP contribution in [0.3, 0.4) is 0 Å². The number of fused-ring (bicyclic) bond motifs is 1.